The number of methoxy groups -OCH3 is 1. The highest BCUT2D eigenvalue weighted by molar-refractivity contribution is 7.10. The molecule has 0 aliphatic carbocycles. The van der Waals surface area contributed by atoms with Crippen LogP contribution in [-0.2, 0) is 11.3 Å². The molecule has 2 aromatic rings. The summed E-state index contributed by atoms with van der Waals surface area (Å²) in [4.78, 5) is 25.7. The molecule has 1 amide bonds. The van der Waals surface area contributed by atoms with Gasteiger partial charge in [-0.3, -0.25) is 19.8 Å². The number of nitrogens with zero attached hydrogens (tertiary/aromatic N) is 2. The molecule has 128 valence electrons. The molecular weight excluding hydrogens is 330 g/mol. The molecule has 1 heterocycles. The quantitative estimate of drug-likeness (QED) is 0.613. The number of thiophene rings is 1. The van der Waals surface area contributed by atoms with Crippen LogP contribution < -0.4 is 10.1 Å². The summed E-state index contributed by atoms with van der Waals surface area (Å²) in [5.41, 5.74) is 1.39. The van der Waals surface area contributed by atoms with Gasteiger partial charge in [-0.2, -0.15) is 0 Å². The number of hydrogen-bond acceptors (Lipinski definition) is 6. The van der Waals surface area contributed by atoms with Gasteiger partial charge in [0.25, 0.3) is 5.69 Å². The number of nitro benzene ring substituents is 1. The summed E-state index contributed by atoms with van der Waals surface area (Å²) in [5, 5.41) is 15.6. The van der Waals surface area contributed by atoms with Crippen molar-refractivity contribution in [1.82, 2.24) is 4.90 Å². The van der Waals surface area contributed by atoms with Gasteiger partial charge in [-0.05, 0) is 37.0 Å². The normalized spacial score (nSPS) is 10.7. The summed E-state index contributed by atoms with van der Waals surface area (Å²) in [6.07, 6.45) is 0. The van der Waals surface area contributed by atoms with Crippen LogP contribution in [0.3, 0.4) is 0 Å². The van der Waals surface area contributed by atoms with Crippen LogP contribution in [0, 0.1) is 17.0 Å². The Morgan fingerprint density at radius 1 is 1.42 bits per heavy atom. The molecule has 0 unspecified atom stereocenters. The maximum absolute atomic E-state index is 12.2. The molecule has 1 N–H and O–H groups in total. The van der Waals surface area contributed by atoms with Crippen LogP contribution in [0.4, 0.5) is 11.4 Å². The summed E-state index contributed by atoms with van der Waals surface area (Å²) >= 11 is 1.65. The summed E-state index contributed by atoms with van der Waals surface area (Å²) in [7, 11) is 3.30. The lowest BCUT2D eigenvalue weighted by Crippen LogP contribution is -2.29. The number of benzene rings is 1. The van der Waals surface area contributed by atoms with Gasteiger partial charge in [0.15, 0.2) is 0 Å². The number of likely N-dealkylation sites (N-methyl/N-ethyl adjacent to an activating group) is 1. The molecule has 0 fully saturated rings. The van der Waals surface area contributed by atoms with Crippen molar-refractivity contribution in [2.24, 2.45) is 0 Å². The molecule has 0 saturated carbocycles. The number of amides is 1. The Morgan fingerprint density at radius 3 is 2.75 bits per heavy atom. The van der Waals surface area contributed by atoms with Crippen LogP contribution in [0.25, 0.3) is 0 Å². The van der Waals surface area contributed by atoms with Crippen molar-refractivity contribution in [2.45, 2.75) is 13.5 Å². The molecule has 8 heteroatoms. The molecule has 0 aliphatic heterocycles. The monoisotopic (exact) mass is 349 g/mol. The number of anilines is 1. The largest absolute Gasteiger partial charge is 0.495 e. The lowest BCUT2D eigenvalue weighted by molar-refractivity contribution is -0.384. The Bertz CT molecular complexity index is 745. The average molecular weight is 349 g/mol. The Labute approximate surface area is 144 Å². The van der Waals surface area contributed by atoms with Gasteiger partial charge in [0.2, 0.25) is 5.91 Å². The Hall–Kier alpha value is -2.45. The number of non-ortho nitro benzene ring substituents is 1. The average Bonchev–Trinajstić information content (AvgIpc) is 2.91. The first-order valence-corrected chi connectivity index (χ1v) is 8.12. The number of rotatable bonds is 7. The Balaban J connectivity index is 2.02. The maximum Gasteiger partial charge on any atom is 0.271 e. The molecule has 0 aliphatic rings. The smallest absolute Gasteiger partial charge is 0.271 e. The van der Waals surface area contributed by atoms with Crippen LogP contribution >= 0.6 is 11.3 Å². The van der Waals surface area contributed by atoms with Crippen molar-refractivity contribution in [3.05, 3.63) is 50.2 Å². The second-order valence-electron chi connectivity index (χ2n) is 5.39. The molecule has 0 radical (unpaired) electrons. The molecule has 2 rings (SSSR count). The van der Waals surface area contributed by atoms with Crippen molar-refractivity contribution < 1.29 is 14.5 Å². The standard InChI is InChI=1S/C16H19N3O4S/c1-11-6-7-24-15(11)9-18(2)10-16(20)17-13-8-12(19(21)22)4-5-14(13)23-3/h4-8H,9-10H2,1-3H3,(H,17,20). The fraction of sp³-hybridized carbons (Fsp3) is 0.312. The van der Waals surface area contributed by atoms with Gasteiger partial charge < -0.3 is 10.1 Å². The molecule has 7 nitrogen and oxygen atoms in total. The Morgan fingerprint density at radius 2 is 2.17 bits per heavy atom. The molecule has 0 atom stereocenters. The zero-order valence-corrected chi connectivity index (χ0v) is 14.6. The third-order valence-corrected chi connectivity index (χ3v) is 4.47. The first-order valence-electron chi connectivity index (χ1n) is 7.24. The van der Waals surface area contributed by atoms with Crippen LogP contribution in [-0.4, -0.2) is 36.4 Å². The van der Waals surface area contributed by atoms with Crippen LogP contribution in [0.1, 0.15) is 10.4 Å². The fourth-order valence-corrected chi connectivity index (χ4v) is 3.19. The number of nitro groups is 1. The third kappa shape index (κ3) is 4.53. The van der Waals surface area contributed by atoms with E-state index in [0.29, 0.717) is 12.3 Å². The van der Waals surface area contributed by atoms with E-state index >= 15 is 0 Å². The number of aryl methyl sites for hydroxylation is 1. The third-order valence-electron chi connectivity index (χ3n) is 3.46. The predicted molar refractivity (Wildman–Crippen MR) is 93.7 cm³/mol. The van der Waals surface area contributed by atoms with Crippen LogP contribution in [0.15, 0.2) is 29.6 Å². The first kappa shape index (κ1) is 17.9. The topological polar surface area (TPSA) is 84.7 Å². The molecule has 24 heavy (non-hydrogen) atoms. The highest BCUT2D eigenvalue weighted by Crippen LogP contribution is 2.28. The SMILES string of the molecule is COc1ccc([N+](=O)[O-])cc1NC(=O)CN(C)Cc1sccc1C. The van der Waals surface area contributed by atoms with Gasteiger partial charge in [0.05, 0.1) is 24.3 Å². The second kappa shape index (κ2) is 7.89. The number of carbonyl (C=O) groups is 1. The Kier molecular flexibility index (Phi) is 5.88. The maximum atomic E-state index is 12.2. The molecule has 1 aromatic carbocycles. The van der Waals surface area contributed by atoms with E-state index in [0.717, 1.165) is 0 Å². The minimum Gasteiger partial charge on any atom is -0.495 e. The van der Waals surface area contributed by atoms with Crippen molar-refractivity contribution in [2.75, 3.05) is 26.0 Å². The predicted octanol–water partition coefficient (Wildman–Crippen LogP) is 3.04. The van der Waals surface area contributed by atoms with E-state index in [9.17, 15) is 14.9 Å². The molecular formula is C16H19N3O4S. The van der Waals surface area contributed by atoms with E-state index in [4.69, 9.17) is 4.74 Å². The van der Waals surface area contributed by atoms with Gasteiger partial charge in [-0.25, -0.2) is 0 Å². The summed E-state index contributed by atoms with van der Waals surface area (Å²) in [6, 6.07) is 6.13. The van der Waals surface area contributed by atoms with Crippen molar-refractivity contribution in [1.29, 1.82) is 0 Å². The number of ether oxygens (including phenoxy) is 1. The highest BCUT2D eigenvalue weighted by atomic mass is 32.1. The molecule has 0 bridgehead atoms. The lowest BCUT2D eigenvalue weighted by Gasteiger charge is -2.16. The van der Waals surface area contributed by atoms with Crippen molar-refractivity contribution >= 4 is 28.6 Å². The summed E-state index contributed by atoms with van der Waals surface area (Å²) in [5.74, 6) is 0.121. The van der Waals surface area contributed by atoms with Crippen LogP contribution in [0.5, 0.6) is 5.75 Å². The lowest BCUT2D eigenvalue weighted by atomic mass is 10.2. The van der Waals surface area contributed by atoms with E-state index in [2.05, 4.69) is 5.32 Å². The zero-order chi connectivity index (χ0) is 17.7. The van der Waals surface area contributed by atoms with Gasteiger partial charge in [0, 0.05) is 23.6 Å². The van der Waals surface area contributed by atoms with E-state index in [1.165, 1.54) is 35.7 Å². The zero-order valence-electron chi connectivity index (χ0n) is 13.7. The van der Waals surface area contributed by atoms with E-state index in [-0.39, 0.29) is 23.8 Å². The van der Waals surface area contributed by atoms with E-state index in [1.807, 2.05) is 30.3 Å². The van der Waals surface area contributed by atoms with Crippen LogP contribution in [0.2, 0.25) is 0 Å². The summed E-state index contributed by atoms with van der Waals surface area (Å²) in [6.45, 7) is 2.87. The number of hydrogen-bond donors (Lipinski definition) is 1. The fourth-order valence-electron chi connectivity index (χ4n) is 2.21. The number of carbonyl (C=O) groups excluding carboxylic acids is 1. The first-order chi connectivity index (χ1) is 11.4. The van der Waals surface area contributed by atoms with Crippen molar-refractivity contribution in [3.8, 4) is 5.75 Å². The van der Waals surface area contributed by atoms with E-state index in [1.54, 1.807) is 11.3 Å². The molecule has 1 aromatic heterocycles. The number of nitrogens with one attached hydrogen (secondary N) is 1. The van der Waals surface area contributed by atoms with Crippen molar-refractivity contribution in [3.63, 3.8) is 0 Å². The minimum atomic E-state index is -0.513. The van der Waals surface area contributed by atoms with Gasteiger partial charge in [-0.15, -0.1) is 11.3 Å². The summed E-state index contributed by atoms with van der Waals surface area (Å²) < 4.78 is 5.14. The van der Waals surface area contributed by atoms with E-state index < -0.39 is 4.92 Å². The van der Waals surface area contributed by atoms with Gasteiger partial charge in [-0.1, -0.05) is 0 Å². The minimum absolute atomic E-state index is 0.103. The molecule has 0 saturated heterocycles. The van der Waals surface area contributed by atoms with Gasteiger partial charge in [0.1, 0.15) is 5.75 Å². The second-order valence-corrected chi connectivity index (χ2v) is 6.39. The highest BCUT2D eigenvalue weighted by Gasteiger charge is 2.15. The molecule has 0 spiro atoms. The van der Waals surface area contributed by atoms with Gasteiger partial charge >= 0.3 is 0 Å².